The molecule has 0 fully saturated rings. The Hall–Kier alpha value is -2.14. The summed E-state index contributed by atoms with van der Waals surface area (Å²) in [7, 11) is 0. The van der Waals surface area contributed by atoms with Crippen molar-refractivity contribution in [1.82, 2.24) is 0 Å². The molecule has 1 N–H and O–H groups in total. The normalized spacial score (nSPS) is 10.1. The lowest BCUT2D eigenvalue weighted by Gasteiger charge is -2.09. The second-order valence-electron chi connectivity index (χ2n) is 4.09. The molecule has 2 aromatic rings. The Morgan fingerprint density at radius 2 is 2.05 bits per heavy atom. The van der Waals surface area contributed by atoms with Crippen molar-refractivity contribution in [1.29, 1.82) is 0 Å². The highest BCUT2D eigenvalue weighted by atomic mass is 79.9. The summed E-state index contributed by atoms with van der Waals surface area (Å²) in [5.41, 5.74) is 1.58. The fraction of sp³-hybridized carbons (Fsp3) is 0.0667. The first-order valence-corrected chi connectivity index (χ1v) is 6.59. The van der Waals surface area contributed by atoms with Crippen molar-refractivity contribution in [2.45, 2.75) is 6.61 Å². The van der Waals surface area contributed by atoms with E-state index < -0.39 is 5.97 Å². The van der Waals surface area contributed by atoms with Gasteiger partial charge in [-0.15, -0.1) is 0 Å². The molecule has 2 rings (SSSR count). The number of carboxylic acids is 1. The number of carbonyl (C=O) groups excluding carboxylic acids is 1. The maximum absolute atomic E-state index is 10.8. The molecule has 0 aliphatic heterocycles. The third kappa shape index (κ3) is 3.45. The first kappa shape index (κ1) is 14.3. The van der Waals surface area contributed by atoms with Crippen molar-refractivity contribution in [2.75, 3.05) is 0 Å². The van der Waals surface area contributed by atoms with Crippen LogP contribution in [0.15, 0.2) is 46.9 Å². The highest BCUT2D eigenvalue weighted by molar-refractivity contribution is 9.10. The van der Waals surface area contributed by atoms with Gasteiger partial charge in [0.25, 0.3) is 0 Å². The molecule has 0 heterocycles. The van der Waals surface area contributed by atoms with Crippen LogP contribution in [-0.2, 0) is 6.61 Å². The molecule has 0 unspecified atom stereocenters. The SMILES string of the molecule is O=Cc1cccc(OCc2ccc(C(=O)O)cc2Br)c1. The number of carboxylic acid groups (broad SMARTS) is 1. The largest absolute Gasteiger partial charge is 0.489 e. The van der Waals surface area contributed by atoms with Crippen LogP contribution in [-0.4, -0.2) is 17.4 Å². The predicted octanol–water partition coefficient (Wildman–Crippen LogP) is 3.54. The van der Waals surface area contributed by atoms with Gasteiger partial charge in [0.05, 0.1) is 5.56 Å². The summed E-state index contributed by atoms with van der Waals surface area (Å²) in [4.78, 5) is 21.5. The third-order valence-electron chi connectivity index (χ3n) is 2.69. The Bertz CT molecular complexity index is 652. The van der Waals surface area contributed by atoms with E-state index in [4.69, 9.17) is 9.84 Å². The Morgan fingerprint density at radius 1 is 1.25 bits per heavy atom. The number of rotatable bonds is 5. The van der Waals surface area contributed by atoms with Gasteiger partial charge in [0, 0.05) is 15.6 Å². The maximum atomic E-state index is 10.8. The Kier molecular flexibility index (Phi) is 4.53. The van der Waals surface area contributed by atoms with Crippen molar-refractivity contribution >= 4 is 28.2 Å². The van der Waals surface area contributed by atoms with Crippen molar-refractivity contribution in [3.05, 3.63) is 63.6 Å². The molecule has 5 heteroatoms. The zero-order valence-electron chi connectivity index (χ0n) is 10.4. The molecule has 0 amide bonds. The number of ether oxygens (including phenoxy) is 1. The van der Waals surface area contributed by atoms with Gasteiger partial charge in [-0.1, -0.05) is 34.1 Å². The van der Waals surface area contributed by atoms with Gasteiger partial charge in [-0.25, -0.2) is 4.79 Å². The molecular weight excluding hydrogens is 324 g/mol. The summed E-state index contributed by atoms with van der Waals surface area (Å²) in [5.74, 6) is -0.388. The molecule has 0 aliphatic carbocycles. The van der Waals surface area contributed by atoms with Crippen molar-refractivity contribution in [3.8, 4) is 5.75 Å². The Morgan fingerprint density at radius 3 is 2.70 bits per heavy atom. The van der Waals surface area contributed by atoms with Gasteiger partial charge in [0.15, 0.2) is 0 Å². The number of hydrogen-bond acceptors (Lipinski definition) is 3. The molecule has 0 atom stereocenters. The first-order chi connectivity index (χ1) is 9.60. The minimum atomic E-state index is -0.975. The second kappa shape index (κ2) is 6.34. The molecule has 0 saturated carbocycles. The fourth-order valence-electron chi connectivity index (χ4n) is 1.64. The highest BCUT2D eigenvalue weighted by Gasteiger charge is 2.07. The standard InChI is InChI=1S/C15H11BrO4/c16-14-7-11(15(18)19)4-5-12(14)9-20-13-3-1-2-10(6-13)8-17/h1-8H,9H2,(H,18,19). The van der Waals surface area contributed by atoms with Crippen molar-refractivity contribution < 1.29 is 19.4 Å². The average Bonchev–Trinajstić information content (AvgIpc) is 2.46. The van der Waals surface area contributed by atoms with Gasteiger partial charge in [-0.2, -0.15) is 0 Å². The van der Waals surface area contributed by atoms with Gasteiger partial charge in [0.2, 0.25) is 0 Å². The Labute approximate surface area is 124 Å². The molecule has 0 radical (unpaired) electrons. The van der Waals surface area contributed by atoms with Crippen LogP contribution >= 0.6 is 15.9 Å². The van der Waals surface area contributed by atoms with Gasteiger partial charge in [-0.3, -0.25) is 4.79 Å². The van der Waals surface area contributed by atoms with Gasteiger partial charge < -0.3 is 9.84 Å². The van der Waals surface area contributed by atoms with E-state index >= 15 is 0 Å². The molecular formula is C15H11BrO4. The molecule has 0 saturated heterocycles. The number of benzene rings is 2. The second-order valence-corrected chi connectivity index (χ2v) is 4.94. The molecule has 4 nitrogen and oxygen atoms in total. The number of aldehydes is 1. The van der Waals surface area contributed by atoms with Crippen LogP contribution in [0.5, 0.6) is 5.75 Å². The summed E-state index contributed by atoms with van der Waals surface area (Å²) in [6.07, 6.45) is 0.754. The van der Waals surface area contributed by atoms with E-state index in [1.807, 2.05) is 0 Å². The predicted molar refractivity (Wildman–Crippen MR) is 77.3 cm³/mol. The smallest absolute Gasteiger partial charge is 0.335 e. The van der Waals surface area contributed by atoms with Crippen LogP contribution < -0.4 is 4.74 Å². The molecule has 0 spiro atoms. The topological polar surface area (TPSA) is 63.6 Å². The van der Waals surface area contributed by atoms with E-state index in [0.717, 1.165) is 11.8 Å². The van der Waals surface area contributed by atoms with Crippen molar-refractivity contribution in [2.24, 2.45) is 0 Å². The van der Waals surface area contributed by atoms with E-state index in [1.54, 1.807) is 30.3 Å². The van der Waals surface area contributed by atoms with Crippen LogP contribution in [0.3, 0.4) is 0 Å². The maximum Gasteiger partial charge on any atom is 0.335 e. The van der Waals surface area contributed by atoms with Crippen molar-refractivity contribution in [3.63, 3.8) is 0 Å². The summed E-state index contributed by atoms with van der Waals surface area (Å²) in [6.45, 7) is 0.281. The van der Waals surface area contributed by atoms with Crippen LogP contribution in [0.25, 0.3) is 0 Å². The lowest BCUT2D eigenvalue weighted by atomic mass is 10.1. The van der Waals surface area contributed by atoms with Gasteiger partial charge >= 0.3 is 5.97 Å². The molecule has 20 heavy (non-hydrogen) atoms. The van der Waals surface area contributed by atoms with Gasteiger partial charge in [0.1, 0.15) is 18.6 Å². The zero-order valence-corrected chi connectivity index (χ0v) is 12.0. The molecule has 102 valence electrons. The Balaban J connectivity index is 2.10. The first-order valence-electron chi connectivity index (χ1n) is 5.80. The fourth-order valence-corrected chi connectivity index (χ4v) is 2.13. The summed E-state index contributed by atoms with van der Waals surface area (Å²) in [5, 5.41) is 8.88. The lowest BCUT2D eigenvalue weighted by Crippen LogP contribution is -2.00. The minimum Gasteiger partial charge on any atom is -0.489 e. The molecule has 2 aromatic carbocycles. The van der Waals surface area contributed by atoms with E-state index in [-0.39, 0.29) is 12.2 Å². The van der Waals surface area contributed by atoms with Crippen LogP contribution in [0.4, 0.5) is 0 Å². The number of halogens is 1. The minimum absolute atomic E-state index is 0.212. The summed E-state index contributed by atoms with van der Waals surface area (Å²) in [6, 6.07) is 11.6. The summed E-state index contributed by atoms with van der Waals surface area (Å²) >= 11 is 3.32. The zero-order chi connectivity index (χ0) is 14.5. The molecule has 0 aliphatic rings. The summed E-state index contributed by atoms with van der Waals surface area (Å²) < 4.78 is 6.25. The quantitative estimate of drug-likeness (QED) is 0.849. The molecule has 0 aromatic heterocycles. The van der Waals surface area contributed by atoms with Gasteiger partial charge in [-0.05, 0) is 24.3 Å². The third-order valence-corrected chi connectivity index (χ3v) is 3.43. The van der Waals surface area contributed by atoms with Crippen LogP contribution in [0.1, 0.15) is 26.3 Å². The average molecular weight is 335 g/mol. The number of aromatic carboxylic acids is 1. The number of carbonyl (C=O) groups is 2. The lowest BCUT2D eigenvalue weighted by molar-refractivity contribution is 0.0696. The van der Waals surface area contributed by atoms with E-state index in [9.17, 15) is 9.59 Å². The van der Waals surface area contributed by atoms with E-state index in [0.29, 0.717) is 15.8 Å². The number of hydrogen-bond donors (Lipinski definition) is 1. The monoisotopic (exact) mass is 334 g/mol. The highest BCUT2D eigenvalue weighted by Crippen LogP contribution is 2.21. The van der Waals surface area contributed by atoms with E-state index in [2.05, 4.69) is 15.9 Å². The van der Waals surface area contributed by atoms with Crippen LogP contribution in [0.2, 0.25) is 0 Å². The molecule has 0 bridgehead atoms. The van der Waals surface area contributed by atoms with Crippen LogP contribution in [0, 0.1) is 0 Å². The van der Waals surface area contributed by atoms with E-state index in [1.165, 1.54) is 12.1 Å².